The minimum absolute atomic E-state index is 0.00204. The maximum atomic E-state index is 6.71. The van der Waals surface area contributed by atoms with Gasteiger partial charge in [-0.1, -0.05) is 124 Å². The van der Waals surface area contributed by atoms with Gasteiger partial charge in [0.2, 0.25) is 0 Å². The van der Waals surface area contributed by atoms with Crippen molar-refractivity contribution >= 4 is 32.8 Å². The van der Waals surface area contributed by atoms with Crippen LogP contribution in [0.2, 0.25) is 0 Å². The topological polar surface area (TPSA) is 35.9 Å². The van der Waals surface area contributed by atoms with Crippen molar-refractivity contribution in [3.63, 3.8) is 0 Å². The van der Waals surface area contributed by atoms with Gasteiger partial charge in [-0.05, 0) is 105 Å². The minimum Gasteiger partial charge on any atom is -0.458 e. The first-order chi connectivity index (χ1) is 29.4. The van der Waals surface area contributed by atoms with Gasteiger partial charge in [0.15, 0.2) is 0 Å². The molecule has 0 fully saturated rings. The van der Waals surface area contributed by atoms with Crippen molar-refractivity contribution in [2.24, 2.45) is 0 Å². The van der Waals surface area contributed by atoms with Crippen molar-refractivity contribution < 1.29 is 9.30 Å². The van der Waals surface area contributed by atoms with E-state index in [0.29, 0.717) is 11.8 Å². The third-order valence-corrected chi connectivity index (χ3v) is 13.7. The summed E-state index contributed by atoms with van der Waals surface area (Å²) in [7, 11) is 0. The van der Waals surface area contributed by atoms with E-state index >= 15 is 0 Å². The maximum Gasteiger partial charge on any atom is 0.269 e. The van der Waals surface area contributed by atoms with Crippen LogP contribution in [0.3, 0.4) is 0 Å². The molecule has 1 spiro atoms. The molecular weight excluding hydrogens is 733 g/mol. The van der Waals surface area contributed by atoms with Crippen LogP contribution >= 0.6 is 0 Å². The van der Waals surface area contributed by atoms with Crippen molar-refractivity contribution in [3.8, 4) is 28.7 Å². The highest BCUT2D eigenvalue weighted by Crippen LogP contribution is 2.77. The number of para-hydroxylation sites is 3. The molecule has 5 heteroatoms. The quantitative estimate of drug-likeness (QED) is 0.129. The lowest BCUT2D eigenvalue weighted by Gasteiger charge is -2.58. The molecule has 7 aromatic carbocycles. The normalized spacial score (nSPS) is 18.3. The summed E-state index contributed by atoms with van der Waals surface area (Å²) < 4.78 is 13.3. The smallest absolute Gasteiger partial charge is 0.269 e. The highest BCUT2D eigenvalue weighted by molar-refractivity contribution is 6.09. The summed E-state index contributed by atoms with van der Waals surface area (Å²) >= 11 is 0. The third-order valence-electron chi connectivity index (χ3n) is 13.7. The zero-order valence-corrected chi connectivity index (χ0v) is 33.6. The van der Waals surface area contributed by atoms with Crippen LogP contribution in [-0.2, 0) is 10.8 Å². The number of hydrogen-bond donors (Lipinski definition) is 0. The first kappa shape index (κ1) is 33.7. The Labute approximate surface area is 348 Å². The van der Waals surface area contributed by atoms with Crippen LogP contribution in [0.5, 0.6) is 11.5 Å². The van der Waals surface area contributed by atoms with Gasteiger partial charge in [0.05, 0.1) is 33.4 Å². The number of hydrogen-bond acceptors (Lipinski definition) is 2. The van der Waals surface area contributed by atoms with Gasteiger partial charge in [-0.25, -0.2) is 4.98 Å². The van der Waals surface area contributed by atoms with Crippen LogP contribution in [0.4, 0.5) is 0 Å². The van der Waals surface area contributed by atoms with Gasteiger partial charge in [-0.2, -0.15) is 0 Å². The molecule has 286 valence electrons. The third kappa shape index (κ3) is 4.41. The SMILES string of the molecule is CC(C)(C)c1ccnc(-n2c3ccccc3c3ccc(Oc4cccc(-n5[c-][n+](-c6ccc7c(c6)C6c8ccccc8C68c6ccccc6C78)c6ccccc65)c4)cc32)c1. The lowest BCUT2D eigenvalue weighted by Crippen LogP contribution is -2.52. The first-order valence-electron chi connectivity index (χ1n) is 20.9. The lowest BCUT2D eigenvalue weighted by molar-refractivity contribution is -0.572. The van der Waals surface area contributed by atoms with E-state index in [0.717, 1.165) is 56.1 Å². The largest absolute Gasteiger partial charge is 0.458 e. The number of imidazole rings is 1. The number of fused-ring (bicyclic) bond motifs is 11. The molecule has 3 aliphatic rings. The lowest BCUT2D eigenvalue weighted by atomic mass is 9.43. The average molecular weight is 773 g/mol. The standard InChI is InChI=1S/C55H40N4O/c1-54(2,3)34-27-28-56-51(29-34)59-47-20-9-6-15-39(47)40-26-24-38(32-50(40)59)60-37-14-12-13-35(30-37)57-33-58(49-22-11-10-21-48(49)57)36-23-25-41-44(31-36)53-43-17-5-8-19-46(43)55(53)45-18-7-4-16-42(45)52(41)55/h4-32,52-53H,1-3H3. The monoisotopic (exact) mass is 772 g/mol. The number of benzene rings is 7. The molecule has 5 nitrogen and oxygen atoms in total. The van der Waals surface area contributed by atoms with Gasteiger partial charge in [0.25, 0.3) is 6.33 Å². The molecule has 3 aromatic heterocycles. The van der Waals surface area contributed by atoms with Gasteiger partial charge in [0.1, 0.15) is 17.3 Å². The summed E-state index contributed by atoms with van der Waals surface area (Å²) in [5.41, 5.74) is 16.6. The van der Waals surface area contributed by atoms with Crippen LogP contribution in [0.25, 0.3) is 50.0 Å². The van der Waals surface area contributed by atoms with E-state index in [4.69, 9.17) is 9.72 Å². The van der Waals surface area contributed by atoms with Crippen LogP contribution in [0, 0.1) is 6.33 Å². The van der Waals surface area contributed by atoms with Crippen molar-refractivity contribution in [3.05, 3.63) is 221 Å². The second-order valence-corrected chi connectivity index (χ2v) is 17.8. The molecule has 0 amide bonds. The predicted molar refractivity (Wildman–Crippen MR) is 238 cm³/mol. The number of nitrogens with zero attached hydrogens (tertiary/aromatic N) is 4. The molecule has 0 N–H and O–H groups in total. The van der Waals surface area contributed by atoms with E-state index < -0.39 is 0 Å². The summed E-state index contributed by atoms with van der Waals surface area (Å²) in [6.07, 6.45) is 5.69. The molecule has 0 radical (unpaired) electrons. The van der Waals surface area contributed by atoms with Crippen molar-refractivity contribution in [1.29, 1.82) is 0 Å². The highest BCUT2D eigenvalue weighted by Gasteiger charge is 2.69. The Balaban J connectivity index is 0.883. The maximum absolute atomic E-state index is 6.71. The van der Waals surface area contributed by atoms with Gasteiger partial charge >= 0.3 is 0 Å². The summed E-state index contributed by atoms with van der Waals surface area (Å²) in [6, 6.07) is 61.5. The first-order valence-corrected chi connectivity index (χ1v) is 20.9. The Morgan fingerprint density at radius 1 is 0.583 bits per heavy atom. The Hall–Kier alpha value is -7.24. The molecule has 10 aromatic rings. The molecule has 0 saturated carbocycles. The highest BCUT2D eigenvalue weighted by atomic mass is 16.5. The molecule has 0 saturated heterocycles. The average Bonchev–Trinajstić information content (AvgIpc) is 3.88. The number of pyridine rings is 1. The molecule has 3 atom stereocenters. The molecule has 0 aliphatic heterocycles. The van der Waals surface area contributed by atoms with Gasteiger partial charge in [-0.15, -0.1) is 0 Å². The zero-order chi connectivity index (χ0) is 39.9. The van der Waals surface area contributed by atoms with E-state index in [-0.39, 0.29) is 10.8 Å². The molecule has 0 bridgehead atoms. The van der Waals surface area contributed by atoms with Gasteiger partial charge in [0, 0.05) is 40.3 Å². The predicted octanol–water partition coefficient (Wildman–Crippen LogP) is 12.2. The number of ether oxygens (including phenoxy) is 1. The summed E-state index contributed by atoms with van der Waals surface area (Å²) in [4.78, 5) is 4.87. The zero-order valence-electron chi connectivity index (χ0n) is 33.6. The summed E-state index contributed by atoms with van der Waals surface area (Å²) in [5, 5.41) is 2.35. The van der Waals surface area contributed by atoms with E-state index in [1.165, 1.54) is 44.3 Å². The number of rotatable bonds is 5. The molecule has 3 aliphatic carbocycles. The summed E-state index contributed by atoms with van der Waals surface area (Å²) in [6.45, 7) is 6.72. The van der Waals surface area contributed by atoms with Gasteiger partial charge in [-0.3, -0.25) is 13.7 Å². The molecule has 60 heavy (non-hydrogen) atoms. The Kier molecular flexibility index (Phi) is 6.70. The van der Waals surface area contributed by atoms with E-state index in [1.54, 1.807) is 0 Å². The van der Waals surface area contributed by atoms with Crippen molar-refractivity contribution in [2.45, 2.75) is 43.4 Å². The van der Waals surface area contributed by atoms with E-state index in [9.17, 15) is 0 Å². The molecule has 3 heterocycles. The Morgan fingerprint density at radius 2 is 1.28 bits per heavy atom. The fourth-order valence-corrected chi connectivity index (χ4v) is 11.1. The van der Waals surface area contributed by atoms with Gasteiger partial charge < -0.3 is 4.74 Å². The molecule has 3 unspecified atom stereocenters. The molecular formula is C55H40N4O. The van der Waals surface area contributed by atoms with Crippen LogP contribution in [0.15, 0.2) is 176 Å². The van der Waals surface area contributed by atoms with Crippen LogP contribution in [-0.4, -0.2) is 14.1 Å². The summed E-state index contributed by atoms with van der Waals surface area (Å²) in [5.74, 6) is 3.17. The van der Waals surface area contributed by atoms with E-state index in [1.807, 2.05) is 12.3 Å². The van der Waals surface area contributed by atoms with Crippen molar-refractivity contribution in [1.82, 2.24) is 14.1 Å². The number of aromatic nitrogens is 4. The van der Waals surface area contributed by atoms with Crippen LogP contribution in [0.1, 0.15) is 71.6 Å². The fraction of sp³-hybridized carbons (Fsp3) is 0.127. The van der Waals surface area contributed by atoms with Crippen LogP contribution < -0.4 is 9.30 Å². The van der Waals surface area contributed by atoms with Crippen molar-refractivity contribution in [2.75, 3.05) is 0 Å². The Morgan fingerprint density at radius 3 is 2.10 bits per heavy atom. The molecule has 13 rings (SSSR count). The fourth-order valence-electron chi connectivity index (χ4n) is 11.1. The second kappa shape index (κ2) is 11.9. The van der Waals surface area contributed by atoms with E-state index in [2.05, 4.69) is 205 Å². The minimum atomic E-state index is -0.00204. The Bertz CT molecular complexity index is 3440. The second-order valence-electron chi connectivity index (χ2n) is 17.8.